The van der Waals surface area contributed by atoms with Crippen molar-refractivity contribution < 1.29 is 23.4 Å². The van der Waals surface area contributed by atoms with Crippen LogP contribution in [0.25, 0.3) is 0 Å². The molecule has 0 aliphatic carbocycles. The lowest BCUT2D eigenvalue weighted by Gasteiger charge is -2.09. The van der Waals surface area contributed by atoms with E-state index in [1.807, 2.05) is 0 Å². The lowest BCUT2D eigenvalue weighted by atomic mass is 10.1. The first-order valence-corrected chi connectivity index (χ1v) is 9.09. The first kappa shape index (κ1) is 18.9. The van der Waals surface area contributed by atoms with E-state index in [0.29, 0.717) is 12.0 Å². The summed E-state index contributed by atoms with van der Waals surface area (Å²) in [4.78, 5) is 10.7. The van der Waals surface area contributed by atoms with Gasteiger partial charge in [-0.1, -0.05) is 42.5 Å². The van der Waals surface area contributed by atoms with Crippen LogP contribution in [0.5, 0.6) is 0 Å². The number of benzene rings is 2. The minimum absolute atomic E-state index is 0.221. The van der Waals surface area contributed by atoms with Crippen LogP contribution in [0, 0.1) is 0 Å². The zero-order valence-corrected chi connectivity index (χ0v) is 14.2. The van der Waals surface area contributed by atoms with Gasteiger partial charge >= 0.3 is 5.97 Å². The lowest BCUT2D eigenvalue weighted by molar-refractivity contribution is -0.131. The zero-order valence-electron chi connectivity index (χ0n) is 13.4. The smallest absolute Gasteiger partial charge is 0.328 e. The Morgan fingerprint density at radius 1 is 1.08 bits per heavy atom. The van der Waals surface area contributed by atoms with E-state index in [9.17, 15) is 18.3 Å². The molecule has 3 N–H and O–H groups in total. The molecule has 2 rings (SSSR count). The fourth-order valence-electron chi connectivity index (χ4n) is 2.18. The summed E-state index contributed by atoms with van der Waals surface area (Å²) >= 11 is 0. The number of aliphatic hydroxyl groups excluding tert-OH is 1. The van der Waals surface area contributed by atoms with Gasteiger partial charge in [-0.25, -0.2) is 17.9 Å². The Morgan fingerprint density at radius 3 is 2.32 bits per heavy atom. The molecule has 0 bridgehead atoms. The molecule has 0 aliphatic heterocycles. The van der Waals surface area contributed by atoms with Crippen molar-refractivity contribution in [1.82, 2.24) is 4.72 Å². The Kier molecular flexibility index (Phi) is 6.46. The third-order valence-electron chi connectivity index (χ3n) is 3.50. The van der Waals surface area contributed by atoms with E-state index < -0.39 is 22.1 Å². The maximum atomic E-state index is 12.1. The normalized spacial score (nSPS) is 13.0. The van der Waals surface area contributed by atoms with Crippen molar-refractivity contribution >= 4 is 16.0 Å². The molecule has 0 saturated carbocycles. The summed E-state index contributed by atoms with van der Waals surface area (Å²) in [6.45, 7) is 0.248. The highest BCUT2D eigenvalue weighted by Gasteiger charge is 2.12. The number of carboxylic acids is 1. The molecule has 1 unspecified atom stereocenters. The summed E-state index contributed by atoms with van der Waals surface area (Å²) in [6.07, 6.45) is 1.57. The molecule has 0 spiro atoms. The van der Waals surface area contributed by atoms with Crippen LogP contribution in [0.4, 0.5) is 0 Å². The van der Waals surface area contributed by atoms with Gasteiger partial charge in [-0.3, -0.25) is 0 Å². The van der Waals surface area contributed by atoms with Crippen LogP contribution < -0.4 is 4.72 Å². The van der Waals surface area contributed by atoms with E-state index in [-0.39, 0.29) is 11.4 Å². The first-order chi connectivity index (χ1) is 11.9. The van der Waals surface area contributed by atoms with Crippen LogP contribution >= 0.6 is 0 Å². The van der Waals surface area contributed by atoms with Crippen molar-refractivity contribution in [3.8, 4) is 0 Å². The summed E-state index contributed by atoms with van der Waals surface area (Å²) in [6, 6.07) is 15.0. The highest BCUT2D eigenvalue weighted by molar-refractivity contribution is 7.89. The molecule has 0 heterocycles. The van der Waals surface area contributed by atoms with Gasteiger partial charge in [0, 0.05) is 12.6 Å². The monoisotopic (exact) mass is 361 g/mol. The van der Waals surface area contributed by atoms with E-state index >= 15 is 0 Å². The first-order valence-electron chi connectivity index (χ1n) is 7.61. The number of rotatable bonds is 8. The predicted octanol–water partition coefficient (Wildman–Crippen LogP) is 1.88. The van der Waals surface area contributed by atoms with Crippen LogP contribution in [0.2, 0.25) is 0 Å². The van der Waals surface area contributed by atoms with Gasteiger partial charge in [0.15, 0.2) is 0 Å². The maximum Gasteiger partial charge on any atom is 0.328 e. The summed E-state index contributed by atoms with van der Waals surface area (Å²) in [5.41, 5.74) is 1.46. The van der Waals surface area contributed by atoms with E-state index in [1.165, 1.54) is 18.2 Å². The third-order valence-corrected chi connectivity index (χ3v) is 4.98. The average Bonchev–Trinajstić information content (AvgIpc) is 2.61. The van der Waals surface area contributed by atoms with Gasteiger partial charge in [0.2, 0.25) is 10.0 Å². The molecular weight excluding hydrogens is 342 g/mol. The highest BCUT2D eigenvalue weighted by atomic mass is 32.2. The van der Waals surface area contributed by atoms with Crippen LogP contribution in [-0.4, -0.2) is 31.1 Å². The molecule has 2 aromatic carbocycles. The quantitative estimate of drug-likeness (QED) is 0.623. The summed E-state index contributed by atoms with van der Waals surface area (Å²) in [7, 11) is -3.52. The molecule has 1 atom stereocenters. The van der Waals surface area contributed by atoms with Gasteiger partial charge in [-0.2, -0.15) is 0 Å². The minimum Gasteiger partial charge on any atom is -0.478 e. The second kappa shape index (κ2) is 8.57. The van der Waals surface area contributed by atoms with Gasteiger partial charge in [-0.05, 0) is 35.8 Å². The number of aliphatic hydroxyl groups is 1. The van der Waals surface area contributed by atoms with Crippen LogP contribution in [0.3, 0.4) is 0 Å². The van der Waals surface area contributed by atoms with Crippen molar-refractivity contribution in [2.24, 2.45) is 0 Å². The second-order valence-electron chi connectivity index (χ2n) is 5.34. The van der Waals surface area contributed by atoms with Crippen molar-refractivity contribution in [1.29, 1.82) is 0 Å². The third kappa shape index (κ3) is 5.82. The number of carbonyl (C=O) groups is 1. The SMILES string of the molecule is O=C(O)/C=C/C(O)c1ccc(CCNS(=O)(=O)c2ccccc2)cc1. The molecule has 132 valence electrons. The molecule has 0 amide bonds. The van der Waals surface area contributed by atoms with Crippen LogP contribution in [-0.2, 0) is 21.2 Å². The fourth-order valence-corrected chi connectivity index (χ4v) is 3.23. The Labute approximate surface area is 146 Å². The Hall–Kier alpha value is -2.48. The number of hydrogen-bond acceptors (Lipinski definition) is 4. The molecule has 7 heteroatoms. The van der Waals surface area contributed by atoms with Gasteiger partial charge in [0.1, 0.15) is 0 Å². The van der Waals surface area contributed by atoms with Gasteiger partial charge < -0.3 is 10.2 Å². The summed E-state index contributed by atoms with van der Waals surface area (Å²) < 4.78 is 26.7. The molecular formula is C18H19NO5S. The van der Waals surface area contributed by atoms with Crippen molar-refractivity contribution in [2.45, 2.75) is 17.4 Å². The summed E-state index contributed by atoms with van der Waals surface area (Å²) in [5, 5.41) is 18.4. The van der Waals surface area contributed by atoms with Crippen LogP contribution in [0.1, 0.15) is 17.2 Å². The molecule has 0 aromatic heterocycles. The zero-order chi connectivity index (χ0) is 18.3. The number of aliphatic carboxylic acids is 1. The largest absolute Gasteiger partial charge is 0.478 e. The highest BCUT2D eigenvalue weighted by Crippen LogP contribution is 2.15. The van der Waals surface area contributed by atoms with Gasteiger partial charge in [0.05, 0.1) is 11.0 Å². The fraction of sp³-hybridized carbons (Fsp3) is 0.167. The number of sulfonamides is 1. The van der Waals surface area contributed by atoms with Gasteiger partial charge in [0.25, 0.3) is 0 Å². The number of carboxylic acid groups (broad SMARTS) is 1. The molecule has 25 heavy (non-hydrogen) atoms. The summed E-state index contributed by atoms with van der Waals surface area (Å²) in [5.74, 6) is -1.12. The number of hydrogen-bond donors (Lipinski definition) is 3. The number of nitrogens with one attached hydrogen (secondary N) is 1. The topological polar surface area (TPSA) is 104 Å². The Morgan fingerprint density at radius 2 is 1.72 bits per heavy atom. The van der Waals surface area contributed by atoms with Crippen molar-refractivity contribution in [3.63, 3.8) is 0 Å². The van der Waals surface area contributed by atoms with E-state index in [4.69, 9.17) is 5.11 Å². The average molecular weight is 361 g/mol. The Balaban J connectivity index is 1.91. The second-order valence-corrected chi connectivity index (χ2v) is 7.11. The molecule has 0 aliphatic rings. The Bertz CT molecular complexity index is 830. The molecule has 0 radical (unpaired) electrons. The van der Waals surface area contributed by atoms with E-state index in [2.05, 4.69) is 4.72 Å². The van der Waals surface area contributed by atoms with Gasteiger partial charge in [-0.15, -0.1) is 0 Å². The van der Waals surface area contributed by atoms with Crippen molar-refractivity contribution in [2.75, 3.05) is 6.54 Å². The lowest BCUT2D eigenvalue weighted by Crippen LogP contribution is -2.25. The van der Waals surface area contributed by atoms with E-state index in [0.717, 1.165) is 11.6 Å². The minimum atomic E-state index is -3.52. The van der Waals surface area contributed by atoms with E-state index in [1.54, 1.807) is 42.5 Å². The predicted molar refractivity (Wildman–Crippen MR) is 93.5 cm³/mol. The standard InChI is InChI=1S/C18H19NO5S/c20-17(10-11-18(21)22)15-8-6-14(7-9-15)12-13-19-25(23,24)16-4-2-1-3-5-16/h1-11,17,19-20H,12-13H2,(H,21,22)/b11-10+. The molecule has 0 fully saturated rings. The molecule has 2 aromatic rings. The van der Waals surface area contributed by atoms with Crippen molar-refractivity contribution in [3.05, 3.63) is 77.9 Å². The molecule has 6 nitrogen and oxygen atoms in total. The molecule has 0 saturated heterocycles. The van der Waals surface area contributed by atoms with Crippen LogP contribution in [0.15, 0.2) is 71.6 Å². The maximum absolute atomic E-state index is 12.1.